The third kappa shape index (κ3) is 8.39. The molecule has 0 radical (unpaired) electrons. The summed E-state index contributed by atoms with van der Waals surface area (Å²) in [6.45, 7) is 6.26. The van der Waals surface area contributed by atoms with Gasteiger partial charge in [0.15, 0.2) is 0 Å². The fourth-order valence-corrected chi connectivity index (χ4v) is 4.68. The van der Waals surface area contributed by atoms with Crippen LogP contribution in [0.5, 0.6) is 0 Å². The summed E-state index contributed by atoms with van der Waals surface area (Å²) < 4.78 is 12.3. The summed E-state index contributed by atoms with van der Waals surface area (Å²) in [5, 5.41) is 17.5. The monoisotopic (exact) mass is 586 g/mol. The summed E-state index contributed by atoms with van der Waals surface area (Å²) in [6.07, 6.45) is 16.9. The third-order valence-corrected chi connectivity index (χ3v) is 7.28. The Morgan fingerprint density at radius 2 is 1.51 bits per heavy atom. The van der Waals surface area contributed by atoms with Crippen molar-refractivity contribution in [3.05, 3.63) is 113 Å². The molecule has 0 saturated heterocycles. The number of alkyl halides is 1. The van der Waals surface area contributed by atoms with E-state index in [0.717, 1.165) is 69.1 Å². The van der Waals surface area contributed by atoms with Crippen LogP contribution in [-0.2, 0) is 0 Å². The van der Waals surface area contributed by atoms with E-state index in [-0.39, 0.29) is 0 Å². The number of aryl methyl sites for hydroxylation is 1. The van der Waals surface area contributed by atoms with Crippen molar-refractivity contribution in [2.75, 3.05) is 0 Å². The van der Waals surface area contributed by atoms with Crippen molar-refractivity contribution in [3.8, 4) is 45.9 Å². The number of halogens is 1. The zero-order valence-electron chi connectivity index (χ0n) is 24.8. The first kappa shape index (κ1) is 31.2. The second-order valence-electron chi connectivity index (χ2n) is 10.2. The van der Waals surface area contributed by atoms with Gasteiger partial charge < -0.3 is 8.83 Å². The van der Waals surface area contributed by atoms with Crippen molar-refractivity contribution < 1.29 is 8.83 Å². The molecule has 2 heterocycles. The first-order valence-electron chi connectivity index (χ1n) is 14.5. The topological polar surface area (TPSA) is 73.9 Å². The van der Waals surface area contributed by atoms with Gasteiger partial charge in [0.1, 0.15) is 28.4 Å². The molecule has 0 aliphatic rings. The van der Waals surface area contributed by atoms with Gasteiger partial charge in [-0.05, 0) is 103 Å². The summed E-state index contributed by atoms with van der Waals surface area (Å²) in [5.74, 6) is 2.97. The van der Waals surface area contributed by atoms with Gasteiger partial charge in [-0.1, -0.05) is 68.8 Å². The molecule has 0 fully saturated rings. The average molecular weight is 587 g/mol. The van der Waals surface area contributed by atoms with Crippen LogP contribution < -0.4 is 0 Å². The van der Waals surface area contributed by atoms with Crippen LogP contribution in [0.15, 0.2) is 99.4 Å². The van der Waals surface area contributed by atoms with Crippen molar-refractivity contribution in [1.82, 2.24) is 0 Å². The molecule has 0 amide bonds. The van der Waals surface area contributed by atoms with E-state index in [1.54, 1.807) is 0 Å². The maximum absolute atomic E-state index is 9.14. The molecule has 4 aromatic rings. The minimum Gasteiger partial charge on any atom is -0.457 e. The number of furan rings is 2. The van der Waals surface area contributed by atoms with Crippen molar-refractivity contribution in [3.63, 3.8) is 0 Å². The van der Waals surface area contributed by atoms with E-state index < -0.39 is 5.38 Å². The highest BCUT2D eigenvalue weighted by atomic mass is 35.5. The van der Waals surface area contributed by atoms with Crippen LogP contribution in [0.3, 0.4) is 0 Å². The van der Waals surface area contributed by atoms with E-state index in [4.69, 9.17) is 31.0 Å². The summed E-state index contributed by atoms with van der Waals surface area (Å²) in [6, 6.07) is 24.8. The Hall–Kier alpha value is -4.77. The molecule has 0 aliphatic carbocycles. The minimum absolute atomic E-state index is 0.457. The van der Waals surface area contributed by atoms with E-state index in [2.05, 4.69) is 68.5 Å². The normalized spacial score (nSPS) is 12.7. The Balaban J connectivity index is 1.69. The number of allylic oxidation sites excluding steroid dienone is 5. The van der Waals surface area contributed by atoms with Gasteiger partial charge in [0.05, 0.1) is 12.1 Å². The summed E-state index contributed by atoms with van der Waals surface area (Å²) in [5.41, 5.74) is 7.19. The molecule has 1 unspecified atom stereocenters. The molecule has 0 aliphatic heterocycles. The van der Waals surface area contributed by atoms with Gasteiger partial charge in [-0.3, -0.25) is 0 Å². The van der Waals surface area contributed by atoms with Crippen LogP contribution in [0.2, 0.25) is 0 Å². The van der Waals surface area contributed by atoms with Gasteiger partial charge >= 0.3 is 0 Å². The van der Waals surface area contributed by atoms with Crippen LogP contribution in [0.1, 0.15) is 62.2 Å². The molecule has 43 heavy (non-hydrogen) atoms. The maximum atomic E-state index is 9.14. The summed E-state index contributed by atoms with van der Waals surface area (Å²) in [7, 11) is 0. The van der Waals surface area contributed by atoms with E-state index in [0.29, 0.717) is 18.6 Å². The third-order valence-electron chi connectivity index (χ3n) is 7.00. The molecule has 0 spiro atoms. The van der Waals surface area contributed by atoms with Crippen LogP contribution in [-0.4, -0.2) is 5.38 Å². The first-order chi connectivity index (χ1) is 20.9. The zero-order chi connectivity index (χ0) is 30.6. The summed E-state index contributed by atoms with van der Waals surface area (Å²) >= 11 is 5.90. The standard InChI is InChI=1S/C38H35ClN2O2/c1-4-6-7-11-29-17-18-31(38-22-19-33(42-38)13-8-10-28(5-2)25-40)24-36(29)35-23-30(16-15-27(35)3)37-21-20-34(43-37)14-9-12-32(39)26-41/h7-11,13-24,32H,4-6,12H2,1-3H3/b11-7?,13-8+,14-9+,28-10-. The quantitative estimate of drug-likeness (QED) is 0.0939. The second kappa shape index (κ2) is 15.5. The fraction of sp³-hybridized carbons (Fsp3) is 0.211. The Morgan fingerprint density at radius 3 is 2.16 bits per heavy atom. The van der Waals surface area contributed by atoms with Crippen molar-refractivity contribution >= 4 is 29.8 Å². The van der Waals surface area contributed by atoms with Crippen molar-refractivity contribution in [1.29, 1.82) is 10.5 Å². The molecule has 216 valence electrons. The number of nitriles is 2. The highest BCUT2D eigenvalue weighted by molar-refractivity contribution is 6.22. The number of unbranched alkanes of at least 4 members (excludes halogenated alkanes) is 1. The van der Waals surface area contributed by atoms with E-state index in [1.165, 1.54) is 0 Å². The highest BCUT2D eigenvalue weighted by Crippen LogP contribution is 2.36. The number of rotatable bonds is 12. The molecule has 4 rings (SSSR count). The van der Waals surface area contributed by atoms with E-state index >= 15 is 0 Å². The molecule has 4 nitrogen and oxygen atoms in total. The highest BCUT2D eigenvalue weighted by Gasteiger charge is 2.13. The largest absolute Gasteiger partial charge is 0.457 e. The first-order valence-corrected chi connectivity index (χ1v) is 15.0. The van der Waals surface area contributed by atoms with Gasteiger partial charge in [0, 0.05) is 16.7 Å². The molecule has 1 atom stereocenters. The number of nitrogens with zero attached hydrogens (tertiary/aromatic N) is 2. The number of benzene rings is 2. The lowest BCUT2D eigenvalue weighted by molar-refractivity contribution is 0.571. The number of hydrogen-bond acceptors (Lipinski definition) is 4. The van der Waals surface area contributed by atoms with Crippen LogP contribution in [0.25, 0.3) is 52.0 Å². The Kier molecular flexibility index (Phi) is 11.2. The molecule has 5 heteroatoms. The molecule has 2 aromatic carbocycles. The zero-order valence-corrected chi connectivity index (χ0v) is 25.6. The van der Waals surface area contributed by atoms with Gasteiger partial charge in [0.25, 0.3) is 0 Å². The lowest BCUT2D eigenvalue weighted by atomic mass is 9.91. The molecule has 0 N–H and O–H groups in total. The smallest absolute Gasteiger partial charge is 0.134 e. The SMILES string of the molecule is CCCC=Cc1ccc(-c2ccc(/C=C/C=C(\C#N)CC)o2)cc1-c1cc(-c2ccc(/C=C/CC(Cl)C#N)o2)ccc1C. The molecule has 0 bridgehead atoms. The lowest BCUT2D eigenvalue weighted by Gasteiger charge is -2.13. The van der Waals surface area contributed by atoms with Crippen LogP contribution >= 0.6 is 11.6 Å². The molecule has 2 aromatic heterocycles. The fourth-order valence-electron chi connectivity index (χ4n) is 4.58. The minimum atomic E-state index is -0.550. The van der Waals surface area contributed by atoms with Gasteiger partial charge in [-0.2, -0.15) is 10.5 Å². The van der Waals surface area contributed by atoms with E-state index in [9.17, 15) is 0 Å². The van der Waals surface area contributed by atoms with Crippen LogP contribution in [0.4, 0.5) is 0 Å². The Morgan fingerprint density at radius 1 is 0.837 bits per heavy atom. The van der Waals surface area contributed by atoms with Crippen molar-refractivity contribution in [2.45, 2.75) is 51.8 Å². The predicted octanol–water partition coefficient (Wildman–Crippen LogP) is 11.4. The maximum Gasteiger partial charge on any atom is 0.134 e. The lowest BCUT2D eigenvalue weighted by Crippen LogP contribution is -1.90. The predicted molar refractivity (Wildman–Crippen MR) is 178 cm³/mol. The number of hydrogen-bond donors (Lipinski definition) is 0. The molecule has 0 saturated carbocycles. The Bertz CT molecular complexity index is 1750. The van der Waals surface area contributed by atoms with E-state index in [1.807, 2.05) is 67.6 Å². The van der Waals surface area contributed by atoms with Gasteiger partial charge in [0.2, 0.25) is 0 Å². The average Bonchev–Trinajstić information content (AvgIpc) is 3.70. The van der Waals surface area contributed by atoms with Crippen molar-refractivity contribution in [2.24, 2.45) is 0 Å². The van der Waals surface area contributed by atoms with Crippen LogP contribution in [0, 0.1) is 29.6 Å². The van der Waals surface area contributed by atoms with Gasteiger partial charge in [-0.25, -0.2) is 0 Å². The molecular formula is C38H35ClN2O2. The molecular weight excluding hydrogens is 552 g/mol. The summed E-state index contributed by atoms with van der Waals surface area (Å²) in [4.78, 5) is 0. The second-order valence-corrected chi connectivity index (χ2v) is 10.7. The Labute approximate surface area is 259 Å². The van der Waals surface area contributed by atoms with Gasteiger partial charge in [-0.15, -0.1) is 11.6 Å².